The lowest BCUT2D eigenvalue weighted by molar-refractivity contribution is 0.0827. The standard InChI is InChI=1S/C23H34N8O/c1-24-22(28-18-19-6-8-20(9-7-19)21(32)29(2)3)25-12-5-13-30-14-16-31(17-15-30)23-26-10-4-11-27-23/h4,6-11H,5,12-18H2,1-3H3,(H2,24,25,28). The maximum absolute atomic E-state index is 12.0. The molecule has 0 aliphatic carbocycles. The Hall–Kier alpha value is -3.20. The van der Waals surface area contributed by atoms with Gasteiger partial charge < -0.3 is 20.4 Å². The Kier molecular flexibility index (Phi) is 8.79. The molecule has 1 amide bonds. The maximum atomic E-state index is 12.0. The smallest absolute Gasteiger partial charge is 0.253 e. The Balaban J connectivity index is 1.32. The molecule has 0 unspecified atom stereocenters. The fourth-order valence-corrected chi connectivity index (χ4v) is 3.57. The van der Waals surface area contributed by atoms with Crippen molar-refractivity contribution in [2.45, 2.75) is 13.0 Å². The fourth-order valence-electron chi connectivity index (χ4n) is 3.57. The van der Waals surface area contributed by atoms with Gasteiger partial charge in [-0.2, -0.15) is 0 Å². The molecule has 1 aliphatic rings. The largest absolute Gasteiger partial charge is 0.356 e. The number of benzene rings is 1. The summed E-state index contributed by atoms with van der Waals surface area (Å²) >= 11 is 0. The summed E-state index contributed by atoms with van der Waals surface area (Å²) in [5, 5.41) is 6.71. The second kappa shape index (κ2) is 12.0. The highest BCUT2D eigenvalue weighted by molar-refractivity contribution is 5.93. The molecule has 1 aromatic heterocycles. The van der Waals surface area contributed by atoms with Crippen molar-refractivity contribution in [2.24, 2.45) is 4.99 Å². The number of nitrogens with one attached hydrogen (secondary N) is 2. The molecule has 0 atom stereocenters. The number of anilines is 1. The van der Waals surface area contributed by atoms with Crippen LogP contribution in [0.3, 0.4) is 0 Å². The highest BCUT2D eigenvalue weighted by Crippen LogP contribution is 2.10. The van der Waals surface area contributed by atoms with Crippen LogP contribution < -0.4 is 15.5 Å². The van der Waals surface area contributed by atoms with E-state index in [1.807, 2.05) is 30.3 Å². The van der Waals surface area contributed by atoms with Gasteiger partial charge in [0.15, 0.2) is 5.96 Å². The van der Waals surface area contributed by atoms with E-state index in [2.05, 4.69) is 35.4 Å². The summed E-state index contributed by atoms with van der Waals surface area (Å²) < 4.78 is 0. The van der Waals surface area contributed by atoms with Crippen LogP contribution in [0.2, 0.25) is 0 Å². The van der Waals surface area contributed by atoms with Gasteiger partial charge in [-0.1, -0.05) is 12.1 Å². The second-order valence-corrected chi connectivity index (χ2v) is 7.98. The van der Waals surface area contributed by atoms with E-state index in [0.29, 0.717) is 12.1 Å². The van der Waals surface area contributed by atoms with E-state index in [1.165, 1.54) is 0 Å². The number of guanidine groups is 1. The average molecular weight is 439 g/mol. The van der Waals surface area contributed by atoms with E-state index in [-0.39, 0.29) is 5.91 Å². The Bertz CT molecular complexity index is 861. The van der Waals surface area contributed by atoms with Crippen molar-refractivity contribution >= 4 is 17.8 Å². The zero-order chi connectivity index (χ0) is 22.8. The van der Waals surface area contributed by atoms with Crippen LogP contribution in [0.5, 0.6) is 0 Å². The van der Waals surface area contributed by atoms with Gasteiger partial charge in [0.2, 0.25) is 5.95 Å². The van der Waals surface area contributed by atoms with Gasteiger partial charge in [0.25, 0.3) is 5.91 Å². The summed E-state index contributed by atoms with van der Waals surface area (Å²) in [6.45, 7) is 6.53. The third-order valence-electron chi connectivity index (χ3n) is 5.44. The molecule has 2 aromatic rings. The van der Waals surface area contributed by atoms with Crippen molar-refractivity contribution in [3.8, 4) is 0 Å². The first-order valence-electron chi connectivity index (χ1n) is 11.1. The highest BCUT2D eigenvalue weighted by atomic mass is 16.2. The maximum Gasteiger partial charge on any atom is 0.253 e. The molecule has 1 aliphatic heterocycles. The molecule has 9 nitrogen and oxygen atoms in total. The van der Waals surface area contributed by atoms with Crippen LogP contribution in [0.25, 0.3) is 0 Å². The van der Waals surface area contributed by atoms with E-state index in [9.17, 15) is 4.79 Å². The van der Waals surface area contributed by atoms with Crippen LogP contribution in [-0.4, -0.2) is 92.0 Å². The molecule has 1 saturated heterocycles. The minimum Gasteiger partial charge on any atom is -0.356 e. The molecule has 1 aromatic carbocycles. The van der Waals surface area contributed by atoms with E-state index in [0.717, 1.165) is 63.2 Å². The zero-order valence-corrected chi connectivity index (χ0v) is 19.3. The topological polar surface area (TPSA) is 89.0 Å². The van der Waals surface area contributed by atoms with Crippen LogP contribution >= 0.6 is 0 Å². The second-order valence-electron chi connectivity index (χ2n) is 7.98. The minimum atomic E-state index is 0.0109. The molecular formula is C23H34N8O. The number of amides is 1. The zero-order valence-electron chi connectivity index (χ0n) is 19.3. The number of piperazine rings is 1. The predicted octanol–water partition coefficient (Wildman–Crippen LogP) is 1.06. The number of hydrogen-bond acceptors (Lipinski definition) is 6. The number of carbonyl (C=O) groups is 1. The van der Waals surface area contributed by atoms with Gasteiger partial charge in [-0.05, 0) is 36.7 Å². The fraction of sp³-hybridized carbons (Fsp3) is 0.478. The van der Waals surface area contributed by atoms with Gasteiger partial charge >= 0.3 is 0 Å². The molecule has 1 fully saturated rings. The quantitative estimate of drug-likeness (QED) is 0.362. The number of aromatic nitrogens is 2. The number of nitrogens with zero attached hydrogens (tertiary/aromatic N) is 6. The summed E-state index contributed by atoms with van der Waals surface area (Å²) in [7, 11) is 5.29. The highest BCUT2D eigenvalue weighted by Gasteiger charge is 2.18. The van der Waals surface area contributed by atoms with Crippen molar-refractivity contribution in [1.82, 2.24) is 30.4 Å². The van der Waals surface area contributed by atoms with Crippen LogP contribution in [0.1, 0.15) is 22.3 Å². The third kappa shape index (κ3) is 6.91. The minimum absolute atomic E-state index is 0.0109. The molecule has 0 radical (unpaired) electrons. The first-order chi connectivity index (χ1) is 15.6. The average Bonchev–Trinajstić information content (AvgIpc) is 2.84. The number of rotatable bonds is 8. The van der Waals surface area contributed by atoms with E-state index < -0.39 is 0 Å². The van der Waals surface area contributed by atoms with Crippen molar-refractivity contribution < 1.29 is 4.79 Å². The SMILES string of the molecule is CN=C(NCCCN1CCN(c2ncccn2)CC1)NCc1ccc(C(=O)N(C)C)cc1. The summed E-state index contributed by atoms with van der Waals surface area (Å²) in [5.74, 6) is 1.61. The van der Waals surface area contributed by atoms with Crippen molar-refractivity contribution in [3.63, 3.8) is 0 Å². The van der Waals surface area contributed by atoms with Crippen LogP contribution in [0.15, 0.2) is 47.7 Å². The summed E-state index contributed by atoms with van der Waals surface area (Å²) in [4.78, 5) is 31.3. The third-order valence-corrected chi connectivity index (χ3v) is 5.44. The molecule has 32 heavy (non-hydrogen) atoms. The van der Waals surface area contributed by atoms with Crippen LogP contribution in [-0.2, 0) is 6.54 Å². The van der Waals surface area contributed by atoms with Gasteiger partial charge in [-0.3, -0.25) is 14.7 Å². The van der Waals surface area contributed by atoms with E-state index >= 15 is 0 Å². The van der Waals surface area contributed by atoms with Gasteiger partial charge in [-0.15, -0.1) is 0 Å². The molecule has 172 valence electrons. The van der Waals surface area contributed by atoms with Gasteiger partial charge in [0.1, 0.15) is 0 Å². The van der Waals surface area contributed by atoms with E-state index in [4.69, 9.17) is 0 Å². The molecule has 9 heteroatoms. The molecular weight excluding hydrogens is 404 g/mol. The Morgan fingerprint density at radius 2 is 1.75 bits per heavy atom. The normalized spacial score (nSPS) is 14.8. The molecule has 2 heterocycles. The number of hydrogen-bond donors (Lipinski definition) is 2. The van der Waals surface area contributed by atoms with Gasteiger partial charge in [-0.25, -0.2) is 9.97 Å². The lowest BCUT2D eigenvalue weighted by atomic mass is 10.1. The van der Waals surface area contributed by atoms with Gasteiger partial charge in [0.05, 0.1) is 0 Å². The molecule has 0 bridgehead atoms. The Labute approximate surface area is 190 Å². The van der Waals surface area contributed by atoms with Crippen molar-refractivity contribution in [2.75, 3.05) is 65.3 Å². The van der Waals surface area contributed by atoms with Gasteiger partial charge in [0, 0.05) is 78.4 Å². The van der Waals surface area contributed by atoms with Crippen molar-refractivity contribution in [3.05, 3.63) is 53.9 Å². The molecule has 3 rings (SSSR count). The lowest BCUT2D eigenvalue weighted by Gasteiger charge is -2.34. The number of carbonyl (C=O) groups excluding carboxylic acids is 1. The first-order valence-corrected chi connectivity index (χ1v) is 11.1. The summed E-state index contributed by atoms with van der Waals surface area (Å²) in [5.41, 5.74) is 1.79. The summed E-state index contributed by atoms with van der Waals surface area (Å²) in [6.07, 6.45) is 4.63. The molecule has 2 N–H and O–H groups in total. The Morgan fingerprint density at radius 1 is 1.06 bits per heavy atom. The first kappa shape index (κ1) is 23.5. The predicted molar refractivity (Wildman–Crippen MR) is 128 cm³/mol. The monoisotopic (exact) mass is 438 g/mol. The van der Waals surface area contributed by atoms with Crippen LogP contribution in [0, 0.1) is 0 Å². The molecule has 0 saturated carbocycles. The van der Waals surface area contributed by atoms with E-state index in [1.54, 1.807) is 38.4 Å². The van der Waals surface area contributed by atoms with Crippen molar-refractivity contribution in [1.29, 1.82) is 0 Å². The molecule has 0 spiro atoms. The Morgan fingerprint density at radius 3 is 2.38 bits per heavy atom. The van der Waals surface area contributed by atoms with Crippen LogP contribution in [0.4, 0.5) is 5.95 Å². The lowest BCUT2D eigenvalue weighted by Crippen LogP contribution is -2.47. The number of aliphatic imine (C=N–C) groups is 1. The summed E-state index contributed by atoms with van der Waals surface area (Å²) in [6, 6.07) is 9.51.